The van der Waals surface area contributed by atoms with Crippen molar-refractivity contribution in [2.24, 2.45) is 0 Å². The highest BCUT2D eigenvalue weighted by molar-refractivity contribution is 5.93. The largest absolute Gasteiger partial charge is 0.480 e. The second-order valence-electron chi connectivity index (χ2n) is 4.60. The number of carboxylic acids is 2. The number of aliphatic carboxylic acids is 2. The lowest BCUT2D eigenvalue weighted by Gasteiger charge is -2.33. The molecule has 1 aliphatic carbocycles. The number of allylic oxidation sites excluding steroid dienone is 2. The molecule has 0 heterocycles. The summed E-state index contributed by atoms with van der Waals surface area (Å²) < 4.78 is 0. The quantitative estimate of drug-likeness (QED) is 0.872. The van der Waals surface area contributed by atoms with Crippen molar-refractivity contribution < 1.29 is 19.8 Å². The highest BCUT2D eigenvalue weighted by Gasteiger charge is 2.44. The number of rotatable bonds is 3. The van der Waals surface area contributed by atoms with Gasteiger partial charge in [0, 0.05) is 12.0 Å². The van der Waals surface area contributed by atoms with Crippen molar-refractivity contribution >= 4 is 11.9 Å². The summed E-state index contributed by atoms with van der Waals surface area (Å²) in [4.78, 5) is 22.9. The number of benzene rings is 1. The van der Waals surface area contributed by atoms with Crippen LogP contribution >= 0.6 is 0 Å². The lowest BCUT2D eigenvalue weighted by molar-refractivity contribution is -0.142. The zero-order valence-electron chi connectivity index (χ0n) is 10.5. The van der Waals surface area contributed by atoms with Crippen LogP contribution in [0.4, 0.5) is 0 Å². The van der Waals surface area contributed by atoms with Crippen molar-refractivity contribution in [3.63, 3.8) is 0 Å². The molecular formula is C15H14O4. The van der Waals surface area contributed by atoms with Gasteiger partial charge in [0.05, 0.1) is 0 Å². The Morgan fingerprint density at radius 3 is 2.26 bits per heavy atom. The fourth-order valence-electron chi connectivity index (χ4n) is 2.42. The van der Waals surface area contributed by atoms with Gasteiger partial charge in [0.25, 0.3) is 0 Å². The number of hydrogen-bond donors (Lipinski definition) is 2. The van der Waals surface area contributed by atoms with E-state index < -0.39 is 17.4 Å². The molecule has 0 amide bonds. The van der Waals surface area contributed by atoms with Gasteiger partial charge in [-0.3, -0.25) is 4.79 Å². The minimum atomic E-state index is -1.29. The molecule has 0 aliphatic heterocycles. The van der Waals surface area contributed by atoms with Crippen LogP contribution in [0.1, 0.15) is 18.9 Å². The van der Waals surface area contributed by atoms with Gasteiger partial charge in [-0.05, 0) is 12.5 Å². The van der Waals surface area contributed by atoms with E-state index in [2.05, 4.69) is 0 Å². The molecular weight excluding hydrogens is 244 g/mol. The second-order valence-corrected chi connectivity index (χ2v) is 4.60. The monoisotopic (exact) mass is 258 g/mol. The summed E-state index contributed by atoms with van der Waals surface area (Å²) in [5, 5.41) is 18.7. The van der Waals surface area contributed by atoms with Crippen LogP contribution < -0.4 is 0 Å². The Kier molecular flexibility index (Phi) is 3.25. The van der Waals surface area contributed by atoms with Gasteiger partial charge in [-0.2, -0.15) is 0 Å². The molecule has 0 saturated carbocycles. The first-order chi connectivity index (χ1) is 8.98. The summed E-state index contributed by atoms with van der Waals surface area (Å²) in [6.07, 6.45) is 3.01. The van der Waals surface area contributed by atoms with E-state index in [4.69, 9.17) is 5.11 Å². The topological polar surface area (TPSA) is 74.6 Å². The van der Waals surface area contributed by atoms with E-state index in [0.29, 0.717) is 11.1 Å². The second kappa shape index (κ2) is 4.72. The highest BCUT2D eigenvalue weighted by Crippen LogP contribution is 2.41. The van der Waals surface area contributed by atoms with Crippen LogP contribution in [0.5, 0.6) is 0 Å². The Morgan fingerprint density at radius 1 is 1.11 bits per heavy atom. The molecule has 1 unspecified atom stereocenters. The van der Waals surface area contributed by atoms with Crippen LogP contribution in [-0.2, 0) is 15.0 Å². The number of carboxylic acid groups (broad SMARTS) is 2. The average molecular weight is 258 g/mol. The molecule has 0 saturated heterocycles. The van der Waals surface area contributed by atoms with E-state index >= 15 is 0 Å². The Bertz CT molecular complexity index is 583. The highest BCUT2D eigenvalue weighted by atomic mass is 16.4. The van der Waals surface area contributed by atoms with Gasteiger partial charge in [-0.1, -0.05) is 48.1 Å². The summed E-state index contributed by atoms with van der Waals surface area (Å²) >= 11 is 0. The maximum Gasteiger partial charge on any atom is 0.331 e. The first-order valence-corrected chi connectivity index (χ1v) is 5.88. The van der Waals surface area contributed by atoms with E-state index in [-0.39, 0.29) is 12.0 Å². The van der Waals surface area contributed by atoms with E-state index in [9.17, 15) is 14.7 Å². The van der Waals surface area contributed by atoms with E-state index in [1.807, 2.05) is 0 Å². The molecule has 0 radical (unpaired) electrons. The van der Waals surface area contributed by atoms with Gasteiger partial charge in [0.15, 0.2) is 0 Å². The van der Waals surface area contributed by atoms with E-state index in [0.717, 1.165) is 0 Å². The smallest absolute Gasteiger partial charge is 0.331 e. The van der Waals surface area contributed by atoms with E-state index in [1.165, 1.54) is 6.08 Å². The van der Waals surface area contributed by atoms with Crippen LogP contribution in [0.25, 0.3) is 0 Å². The van der Waals surface area contributed by atoms with Gasteiger partial charge in [-0.25, -0.2) is 4.79 Å². The number of carbonyl (C=O) groups is 2. The van der Waals surface area contributed by atoms with Crippen LogP contribution in [0.15, 0.2) is 53.6 Å². The maximum atomic E-state index is 11.8. The SMILES string of the molecule is CC1=CC=C(C(=O)O)CC1(C(=O)O)c1ccccc1. The standard InChI is InChI=1S/C15H14O4/c1-10-7-8-11(13(16)17)9-15(10,14(18)19)12-5-3-2-4-6-12/h2-8H,9H2,1H3,(H,16,17)(H,18,19). The first kappa shape index (κ1) is 13.1. The Balaban J connectivity index is 2.60. The third-order valence-electron chi connectivity index (χ3n) is 3.57. The van der Waals surface area contributed by atoms with Crippen LogP contribution in [0.2, 0.25) is 0 Å². The minimum Gasteiger partial charge on any atom is -0.480 e. The zero-order chi connectivity index (χ0) is 14.0. The maximum absolute atomic E-state index is 11.8. The molecule has 1 aliphatic rings. The molecule has 1 aromatic carbocycles. The Hall–Kier alpha value is -2.36. The molecule has 0 fully saturated rings. The fraction of sp³-hybridized carbons (Fsp3) is 0.200. The minimum absolute atomic E-state index is 0.0377. The van der Waals surface area contributed by atoms with Crippen molar-refractivity contribution in [2.45, 2.75) is 18.8 Å². The Labute approximate surface area is 110 Å². The van der Waals surface area contributed by atoms with Crippen LogP contribution in [0.3, 0.4) is 0 Å². The Morgan fingerprint density at radius 2 is 1.74 bits per heavy atom. The van der Waals surface area contributed by atoms with Crippen LogP contribution in [-0.4, -0.2) is 22.2 Å². The fourth-order valence-corrected chi connectivity index (χ4v) is 2.42. The molecule has 4 heteroatoms. The van der Waals surface area contributed by atoms with E-state index in [1.54, 1.807) is 43.3 Å². The predicted octanol–water partition coefficient (Wildman–Crippen LogP) is 2.37. The molecule has 4 nitrogen and oxygen atoms in total. The molecule has 0 bridgehead atoms. The van der Waals surface area contributed by atoms with Gasteiger partial charge < -0.3 is 10.2 Å². The molecule has 0 aromatic heterocycles. The third-order valence-corrected chi connectivity index (χ3v) is 3.57. The average Bonchev–Trinajstić information content (AvgIpc) is 2.39. The third kappa shape index (κ3) is 2.05. The molecule has 2 rings (SSSR count). The molecule has 1 atom stereocenters. The predicted molar refractivity (Wildman–Crippen MR) is 69.8 cm³/mol. The normalized spacial score (nSPS) is 22.4. The van der Waals surface area contributed by atoms with Gasteiger partial charge in [-0.15, -0.1) is 0 Å². The molecule has 1 aromatic rings. The summed E-state index contributed by atoms with van der Waals surface area (Å²) in [6, 6.07) is 8.75. The summed E-state index contributed by atoms with van der Waals surface area (Å²) in [7, 11) is 0. The van der Waals surface area contributed by atoms with Gasteiger partial charge >= 0.3 is 11.9 Å². The summed E-state index contributed by atoms with van der Waals surface area (Å²) in [6.45, 7) is 1.72. The lowest BCUT2D eigenvalue weighted by Crippen LogP contribution is -2.39. The molecule has 2 N–H and O–H groups in total. The van der Waals surface area contributed by atoms with Gasteiger partial charge in [0.1, 0.15) is 5.41 Å². The summed E-state index contributed by atoms with van der Waals surface area (Å²) in [5.41, 5.74) is 0.0557. The lowest BCUT2D eigenvalue weighted by atomic mass is 9.68. The van der Waals surface area contributed by atoms with Crippen molar-refractivity contribution in [2.75, 3.05) is 0 Å². The number of hydrogen-bond acceptors (Lipinski definition) is 2. The molecule has 19 heavy (non-hydrogen) atoms. The van der Waals surface area contributed by atoms with Crippen molar-refractivity contribution in [3.8, 4) is 0 Å². The van der Waals surface area contributed by atoms with Crippen molar-refractivity contribution in [1.82, 2.24) is 0 Å². The van der Waals surface area contributed by atoms with Crippen LogP contribution in [0, 0.1) is 0 Å². The van der Waals surface area contributed by atoms with Crippen molar-refractivity contribution in [3.05, 3.63) is 59.2 Å². The molecule has 98 valence electrons. The first-order valence-electron chi connectivity index (χ1n) is 5.88. The zero-order valence-corrected chi connectivity index (χ0v) is 10.5. The molecule has 0 spiro atoms. The summed E-state index contributed by atoms with van der Waals surface area (Å²) in [5.74, 6) is -2.11. The van der Waals surface area contributed by atoms with Gasteiger partial charge in [0.2, 0.25) is 0 Å². The van der Waals surface area contributed by atoms with Crippen molar-refractivity contribution in [1.29, 1.82) is 0 Å².